The summed E-state index contributed by atoms with van der Waals surface area (Å²) in [5.74, 6) is -2.12. The predicted molar refractivity (Wildman–Crippen MR) is 50.5 cm³/mol. The van der Waals surface area contributed by atoms with E-state index in [9.17, 15) is 13.6 Å². The number of rotatable bonds is 3. The lowest BCUT2D eigenvalue weighted by molar-refractivity contribution is -0.108. The Balaban J connectivity index is 3.08. The Kier molecular flexibility index (Phi) is 3.58. The van der Waals surface area contributed by atoms with Gasteiger partial charge in [0.15, 0.2) is 11.6 Å². The zero-order valence-corrected chi connectivity index (χ0v) is 8.31. The van der Waals surface area contributed by atoms with Gasteiger partial charge in [0, 0.05) is 11.4 Å². The smallest absolute Gasteiger partial charge is 0.160 e. The van der Waals surface area contributed by atoms with Gasteiger partial charge in [0.1, 0.15) is 6.29 Å². The molecule has 0 fully saturated rings. The standard InChI is InChI=1S/C10H9ClF2O/c1-6(2-3-14)7-4-9(12)10(13)5-8(7)11/h3-6H,2H2,1H3. The first kappa shape index (κ1) is 11.1. The van der Waals surface area contributed by atoms with E-state index in [2.05, 4.69) is 0 Å². The summed E-state index contributed by atoms with van der Waals surface area (Å²) in [5, 5.41) is 0.151. The van der Waals surface area contributed by atoms with Crippen LogP contribution in [-0.4, -0.2) is 6.29 Å². The van der Waals surface area contributed by atoms with Gasteiger partial charge in [-0.05, 0) is 23.6 Å². The molecular formula is C10H9ClF2O. The van der Waals surface area contributed by atoms with E-state index in [0.717, 1.165) is 18.4 Å². The van der Waals surface area contributed by atoms with Crippen molar-refractivity contribution in [2.45, 2.75) is 19.3 Å². The third-order valence-corrected chi connectivity index (χ3v) is 2.35. The molecule has 0 saturated heterocycles. The Labute approximate surface area is 85.7 Å². The molecule has 0 amide bonds. The fourth-order valence-electron chi connectivity index (χ4n) is 1.19. The second kappa shape index (κ2) is 4.51. The van der Waals surface area contributed by atoms with Gasteiger partial charge in [-0.3, -0.25) is 0 Å². The van der Waals surface area contributed by atoms with Crippen LogP contribution in [0.4, 0.5) is 8.78 Å². The Bertz CT molecular complexity index is 352. The molecule has 0 aromatic heterocycles. The van der Waals surface area contributed by atoms with Crippen molar-refractivity contribution in [3.8, 4) is 0 Å². The molecule has 1 nitrogen and oxygen atoms in total. The monoisotopic (exact) mass is 218 g/mol. The van der Waals surface area contributed by atoms with Gasteiger partial charge in [0.25, 0.3) is 0 Å². The maximum Gasteiger partial charge on any atom is 0.160 e. The normalized spacial score (nSPS) is 12.6. The number of aldehydes is 1. The predicted octanol–water partition coefficient (Wildman–Crippen LogP) is 3.31. The Morgan fingerprint density at radius 1 is 1.43 bits per heavy atom. The maximum absolute atomic E-state index is 12.8. The minimum absolute atomic E-state index is 0.151. The highest BCUT2D eigenvalue weighted by molar-refractivity contribution is 6.31. The Hall–Kier alpha value is -0.960. The second-order valence-corrected chi connectivity index (χ2v) is 3.50. The van der Waals surface area contributed by atoms with Crippen LogP contribution in [0.25, 0.3) is 0 Å². The lowest BCUT2D eigenvalue weighted by Gasteiger charge is -2.10. The molecule has 1 unspecified atom stereocenters. The van der Waals surface area contributed by atoms with E-state index in [-0.39, 0.29) is 17.4 Å². The fourth-order valence-corrected chi connectivity index (χ4v) is 1.52. The minimum Gasteiger partial charge on any atom is -0.303 e. The van der Waals surface area contributed by atoms with Gasteiger partial charge in [0.2, 0.25) is 0 Å². The van der Waals surface area contributed by atoms with Crippen molar-refractivity contribution in [1.29, 1.82) is 0 Å². The van der Waals surface area contributed by atoms with Crippen molar-refractivity contribution in [2.75, 3.05) is 0 Å². The van der Waals surface area contributed by atoms with Crippen molar-refractivity contribution in [3.05, 3.63) is 34.4 Å². The van der Waals surface area contributed by atoms with Gasteiger partial charge < -0.3 is 4.79 Å². The molecule has 1 rings (SSSR count). The summed E-state index contributed by atoms with van der Waals surface area (Å²) in [6.07, 6.45) is 0.965. The highest BCUT2D eigenvalue weighted by Gasteiger charge is 2.13. The topological polar surface area (TPSA) is 17.1 Å². The van der Waals surface area contributed by atoms with Crippen LogP contribution in [0, 0.1) is 11.6 Å². The summed E-state index contributed by atoms with van der Waals surface area (Å²) in [5.41, 5.74) is 0.456. The van der Waals surface area contributed by atoms with Gasteiger partial charge in [-0.15, -0.1) is 0 Å². The van der Waals surface area contributed by atoms with Crippen molar-refractivity contribution in [2.24, 2.45) is 0 Å². The maximum atomic E-state index is 12.8. The summed E-state index contributed by atoms with van der Waals surface area (Å²) in [4.78, 5) is 10.2. The van der Waals surface area contributed by atoms with E-state index in [1.807, 2.05) is 0 Å². The van der Waals surface area contributed by atoms with Crippen LogP contribution in [0.15, 0.2) is 12.1 Å². The lowest BCUT2D eigenvalue weighted by atomic mass is 9.98. The molecule has 0 saturated carbocycles. The zero-order valence-electron chi connectivity index (χ0n) is 7.56. The van der Waals surface area contributed by atoms with Crippen LogP contribution in [0.1, 0.15) is 24.8 Å². The minimum atomic E-state index is -0.975. The summed E-state index contributed by atoms with van der Waals surface area (Å²) in [7, 11) is 0. The number of halogens is 3. The van der Waals surface area contributed by atoms with Crippen molar-refractivity contribution < 1.29 is 13.6 Å². The molecule has 14 heavy (non-hydrogen) atoms. The van der Waals surface area contributed by atoms with E-state index in [1.165, 1.54) is 0 Å². The van der Waals surface area contributed by atoms with Crippen LogP contribution < -0.4 is 0 Å². The number of hydrogen-bond donors (Lipinski definition) is 0. The molecule has 0 radical (unpaired) electrons. The third-order valence-electron chi connectivity index (χ3n) is 2.02. The molecule has 0 aliphatic carbocycles. The van der Waals surface area contributed by atoms with E-state index in [1.54, 1.807) is 6.92 Å². The molecule has 0 spiro atoms. The first-order valence-corrected chi connectivity index (χ1v) is 4.52. The average molecular weight is 219 g/mol. The number of carbonyl (C=O) groups is 1. The van der Waals surface area contributed by atoms with E-state index in [0.29, 0.717) is 5.56 Å². The SMILES string of the molecule is CC(CC=O)c1cc(F)c(F)cc1Cl. The fraction of sp³-hybridized carbons (Fsp3) is 0.300. The van der Waals surface area contributed by atoms with Crippen LogP contribution in [0.5, 0.6) is 0 Å². The zero-order chi connectivity index (χ0) is 10.7. The molecule has 1 aromatic carbocycles. The highest BCUT2D eigenvalue weighted by atomic mass is 35.5. The molecule has 0 bridgehead atoms. The average Bonchev–Trinajstić information content (AvgIpc) is 2.11. The van der Waals surface area contributed by atoms with Crippen LogP contribution in [0.2, 0.25) is 5.02 Å². The molecule has 0 N–H and O–H groups in total. The third kappa shape index (κ3) is 2.29. The number of benzene rings is 1. The lowest BCUT2D eigenvalue weighted by Crippen LogP contribution is -1.98. The van der Waals surface area contributed by atoms with Crippen LogP contribution in [0.3, 0.4) is 0 Å². The number of hydrogen-bond acceptors (Lipinski definition) is 1. The molecule has 0 aliphatic rings. The largest absolute Gasteiger partial charge is 0.303 e. The molecule has 76 valence electrons. The Morgan fingerprint density at radius 3 is 2.57 bits per heavy atom. The van der Waals surface area contributed by atoms with Gasteiger partial charge in [-0.1, -0.05) is 18.5 Å². The molecule has 4 heteroatoms. The van der Waals surface area contributed by atoms with Crippen molar-refractivity contribution >= 4 is 17.9 Å². The quantitative estimate of drug-likeness (QED) is 0.562. The van der Waals surface area contributed by atoms with Crippen molar-refractivity contribution in [3.63, 3.8) is 0 Å². The highest BCUT2D eigenvalue weighted by Crippen LogP contribution is 2.28. The van der Waals surface area contributed by atoms with Crippen LogP contribution >= 0.6 is 11.6 Å². The first-order valence-electron chi connectivity index (χ1n) is 4.14. The molecule has 0 heterocycles. The summed E-state index contributed by atoms with van der Waals surface area (Å²) in [6.45, 7) is 1.73. The van der Waals surface area contributed by atoms with Gasteiger partial charge in [0.05, 0.1) is 0 Å². The van der Waals surface area contributed by atoms with Gasteiger partial charge in [-0.2, -0.15) is 0 Å². The Morgan fingerprint density at radius 2 is 2.00 bits per heavy atom. The summed E-state index contributed by atoms with van der Waals surface area (Å²) < 4.78 is 25.5. The van der Waals surface area contributed by atoms with Gasteiger partial charge >= 0.3 is 0 Å². The van der Waals surface area contributed by atoms with E-state index >= 15 is 0 Å². The molecule has 1 aromatic rings. The van der Waals surface area contributed by atoms with Crippen molar-refractivity contribution in [1.82, 2.24) is 0 Å². The van der Waals surface area contributed by atoms with E-state index < -0.39 is 11.6 Å². The molecule has 0 aliphatic heterocycles. The first-order chi connectivity index (χ1) is 6.56. The summed E-state index contributed by atoms with van der Waals surface area (Å²) in [6, 6.07) is 1.96. The number of carbonyl (C=O) groups excluding carboxylic acids is 1. The molecular weight excluding hydrogens is 210 g/mol. The second-order valence-electron chi connectivity index (χ2n) is 3.09. The molecule has 1 atom stereocenters. The summed E-state index contributed by atoms with van der Waals surface area (Å²) >= 11 is 5.71. The van der Waals surface area contributed by atoms with E-state index in [4.69, 9.17) is 11.6 Å². The van der Waals surface area contributed by atoms with Crippen LogP contribution in [-0.2, 0) is 4.79 Å². The van der Waals surface area contributed by atoms with Gasteiger partial charge in [-0.25, -0.2) is 8.78 Å².